The molecule has 0 spiro atoms. The number of hydrogen-bond acceptors (Lipinski definition) is 4. The minimum absolute atomic E-state index is 0.0128. The first-order chi connectivity index (χ1) is 8.45. The van der Waals surface area contributed by atoms with Crippen molar-refractivity contribution in [3.05, 3.63) is 23.8 Å². The lowest BCUT2D eigenvalue weighted by atomic mass is 10.2. The number of nitrogens with two attached hydrogens (primary N) is 1. The molecule has 0 aromatic heterocycles. The van der Waals surface area contributed by atoms with Crippen molar-refractivity contribution in [1.82, 2.24) is 4.31 Å². The maximum absolute atomic E-state index is 12.5. The van der Waals surface area contributed by atoms with E-state index in [0.29, 0.717) is 29.2 Å². The van der Waals surface area contributed by atoms with Crippen LogP contribution in [0.1, 0.15) is 12.0 Å². The molecule has 1 heterocycles. The van der Waals surface area contributed by atoms with E-state index in [2.05, 4.69) is 0 Å². The topological polar surface area (TPSA) is 72.6 Å². The summed E-state index contributed by atoms with van der Waals surface area (Å²) in [6.45, 7) is 2.68. The highest BCUT2D eigenvalue weighted by atomic mass is 32.2. The average molecular weight is 270 g/mol. The molecule has 18 heavy (non-hydrogen) atoms. The van der Waals surface area contributed by atoms with E-state index in [1.54, 1.807) is 26.2 Å². The van der Waals surface area contributed by atoms with Crippen molar-refractivity contribution in [2.45, 2.75) is 24.3 Å². The molecule has 1 aliphatic rings. The molecule has 1 unspecified atom stereocenters. The lowest BCUT2D eigenvalue weighted by Gasteiger charge is -2.18. The zero-order chi connectivity index (χ0) is 13.3. The van der Waals surface area contributed by atoms with E-state index in [-0.39, 0.29) is 6.10 Å². The van der Waals surface area contributed by atoms with E-state index in [4.69, 9.17) is 10.5 Å². The zero-order valence-corrected chi connectivity index (χ0v) is 11.4. The van der Waals surface area contributed by atoms with Crippen LogP contribution in [0, 0.1) is 6.92 Å². The van der Waals surface area contributed by atoms with Gasteiger partial charge in [0, 0.05) is 25.9 Å². The summed E-state index contributed by atoms with van der Waals surface area (Å²) in [7, 11) is -1.86. The second-order valence-electron chi connectivity index (χ2n) is 4.53. The Kier molecular flexibility index (Phi) is 3.61. The Labute approximate surface area is 108 Å². The molecule has 100 valence electrons. The van der Waals surface area contributed by atoms with E-state index in [0.717, 1.165) is 6.42 Å². The fourth-order valence-corrected chi connectivity index (χ4v) is 3.89. The van der Waals surface area contributed by atoms with Crippen LogP contribution < -0.4 is 5.73 Å². The Morgan fingerprint density at radius 2 is 2.17 bits per heavy atom. The Bertz CT molecular complexity index is 542. The Hall–Kier alpha value is -1.11. The third kappa shape index (κ3) is 2.36. The van der Waals surface area contributed by atoms with Gasteiger partial charge < -0.3 is 10.5 Å². The SMILES string of the molecule is COC1CCN(S(=O)(=O)c2cc(N)ccc2C)C1. The molecule has 1 fully saturated rings. The predicted octanol–water partition coefficient (Wildman–Crippen LogP) is 0.987. The second-order valence-corrected chi connectivity index (χ2v) is 6.44. The van der Waals surface area contributed by atoms with Crippen LogP contribution >= 0.6 is 0 Å². The van der Waals surface area contributed by atoms with Crippen LogP contribution in [0.25, 0.3) is 0 Å². The molecule has 1 saturated heterocycles. The lowest BCUT2D eigenvalue weighted by Crippen LogP contribution is -2.30. The Morgan fingerprint density at radius 3 is 2.78 bits per heavy atom. The molecule has 0 radical (unpaired) electrons. The molecule has 6 heteroatoms. The first-order valence-corrected chi connectivity index (χ1v) is 7.28. The molecule has 0 bridgehead atoms. The predicted molar refractivity (Wildman–Crippen MR) is 69.8 cm³/mol. The van der Waals surface area contributed by atoms with Crippen molar-refractivity contribution in [2.75, 3.05) is 25.9 Å². The molecule has 2 rings (SSSR count). The number of anilines is 1. The molecule has 1 aromatic rings. The summed E-state index contributed by atoms with van der Waals surface area (Å²) < 4.78 is 31.6. The normalized spacial score (nSPS) is 21.3. The van der Waals surface area contributed by atoms with E-state index in [1.165, 1.54) is 10.4 Å². The number of ether oxygens (including phenoxy) is 1. The number of rotatable bonds is 3. The van der Waals surface area contributed by atoms with Gasteiger partial charge in [0.25, 0.3) is 0 Å². The van der Waals surface area contributed by atoms with Crippen LogP contribution in [0.4, 0.5) is 5.69 Å². The Balaban J connectivity index is 2.34. The molecule has 5 nitrogen and oxygen atoms in total. The van der Waals surface area contributed by atoms with Crippen LogP contribution in [0.15, 0.2) is 23.1 Å². The van der Waals surface area contributed by atoms with Crippen molar-refractivity contribution in [3.8, 4) is 0 Å². The molecule has 0 aliphatic carbocycles. The number of nitrogens with zero attached hydrogens (tertiary/aromatic N) is 1. The summed E-state index contributed by atoms with van der Waals surface area (Å²) in [5.74, 6) is 0. The summed E-state index contributed by atoms with van der Waals surface area (Å²) in [6.07, 6.45) is 0.720. The number of benzene rings is 1. The summed E-state index contributed by atoms with van der Waals surface area (Å²) in [6, 6.07) is 4.95. The van der Waals surface area contributed by atoms with Crippen LogP contribution in [0.2, 0.25) is 0 Å². The number of hydrogen-bond donors (Lipinski definition) is 1. The first kappa shape index (κ1) is 13.3. The zero-order valence-electron chi connectivity index (χ0n) is 10.6. The van der Waals surface area contributed by atoms with Gasteiger partial charge in [0.15, 0.2) is 0 Å². The molecule has 2 N–H and O–H groups in total. The summed E-state index contributed by atoms with van der Waals surface area (Å²) in [4.78, 5) is 0.291. The number of aryl methyl sites for hydroxylation is 1. The average Bonchev–Trinajstić information content (AvgIpc) is 2.81. The first-order valence-electron chi connectivity index (χ1n) is 5.84. The quantitative estimate of drug-likeness (QED) is 0.831. The minimum atomic E-state index is -3.46. The highest BCUT2D eigenvalue weighted by molar-refractivity contribution is 7.89. The van der Waals surface area contributed by atoms with Crippen LogP contribution in [0.5, 0.6) is 0 Å². The van der Waals surface area contributed by atoms with E-state index < -0.39 is 10.0 Å². The van der Waals surface area contributed by atoms with Crippen molar-refractivity contribution >= 4 is 15.7 Å². The van der Waals surface area contributed by atoms with Crippen LogP contribution in [0.3, 0.4) is 0 Å². The summed E-state index contributed by atoms with van der Waals surface area (Å²) in [5.41, 5.74) is 6.84. The monoisotopic (exact) mass is 270 g/mol. The van der Waals surface area contributed by atoms with Gasteiger partial charge in [-0.3, -0.25) is 0 Å². The van der Waals surface area contributed by atoms with Crippen molar-refractivity contribution in [2.24, 2.45) is 0 Å². The number of methoxy groups -OCH3 is 1. The summed E-state index contributed by atoms with van der Waals surface area (Å²) in [5, 5.41) is 0. The van der Waals surface area contributed by atoms with Gasteiger partial charge in [0.2, 0.25) is 10.0 Å². The highest BCUT2D eigenvalue weighted by Gasteiger charge is 2.33. The molecule has 0 amide bonds. The third-order valence-corrected chi connectivity index (χ3v) is 5.28. The minimum Gasteiger partial charge on any atom is -0.399 e. The van der Waals surface area contributed by atoms with Crippen molar-refractivity contribution in [1.29, 1.82) is 0 Å². The van der Waals surface area contributed by atoms with Gasteiger partial charge in [0.05, 0.1) is 11.0 Å². The van der Waals surface area contributed by atoms with Gasteiger partial charge in [-0.25, -0.2) is 8.42 Å². The van der Waals surface area contributed by atoms with Gasteiger partial charge in [-0.05, 0) is 31.0 Å². The maximum Gasteiger partial charge on any atom is 0.243 e. The summed E-state index contributed by atoms with van der Waals surface area (Å²) >= 11 is 0. The van der Waals surface area contributed by atoms with Crippen molar-refractivity contribution < 1.29 is 13.2 Å². The molecular formula is C12H18N2O3S. The van der Waals surface area contributed by atoms with Gasteiger partial charge in [-0.15, -0.1) is 0 Å². The smallest absolute Gasteiger partial charge is 0.243 e. The Morgan fingerprint density at radius 1 is 1.44 bits per heavy atom. The number of sulfonamides is 1. The van der Waals surface area contributed by atoms with E-state index >= 15 is 0 Å². The van der Waals surface area contributed by atoms with Gasteiger partial charge in [0.1, 0.15) is 0 Å². The largest absolute Gasteiger partial charge is 0.399 e. The van der Waals surface area contributed by atoms with Gasteiger partial charge in [-0.2, -0.15) is 4.31 Å². The van der Waals surface area contributed by atoms with Gasteiger partial charge >= 0.3 is 0 Å². The van der Waals surface area contributed by atoms with Gasteiger partial charge in [-0.1, -0.05) is 6.07 Å². The fourth-order valence-electron chi connectivity index (χ4n) is 2.14. The fraction of sp³-hybridized carbons (Fsp3) is 0.500. The molecular weight excluding hydrogens is 252 g/mol. The van der Waals surface area contributed by atoms with Crippen LogP contribution in [-0.4, -0.2) is 39.0 Å². The van der Waals surface area contributed by atoms with Crippen molar-refractivity contribution in [3.63, 3.8) is 0 Å². The second kappa shape index (κ2) is 4.87. The maximum atomic E-state index is 12.5. The molecule has 0 saturated carbocycles. The molecule has 1 aliphatic heterocycles. The lowest BCUT2D eigenvalue weighted by molar-refractivity contribution is 0.115. The third-order valence-electron chi connectivity index (χ3n) is 3.27. The number of nitrogen functional groups attached to an aromatic ring is 1. The van der Waals surface area contributed by atoms with Crippen LogP contribution in [-0.2, 0) is 14.8 Å². The standard InChI is InChI=1S/C12H18N2O3S/c1-9-3-4-10(13)7-12(9)18(15,16)14-6-5-11(8-14)17-2/h3-4,7,11H,5-6,8,13H2,1-2H3. The molecule has 1 aromatic carbocycles. The molecule has 1 atom stereocenters. The highest BCUT2D eigenvalue weighted by Crippen LogP contribution is 2.26. The van der Waals surface area contributed by atoms with E-state index in [9.17, 15) is 8.42 Å². The van der Waals surface area contributed by atoms with E-state index in [1.807, 2.05) is 0 Å².